The Balaban J connectivity index is 2.47. The fourth-order valence-corrected chi connectivity index (χ4v) is 2.84. The molecule has 1 aromatic rings. The maximum atomic E-state index is 11.4. The predicted molar refractivity (Wildman–Crippen MR) is 71.6 cm³/mol. The lowest BCUT2D eigenvalue weighted by Gasteiger charge is -2.31. The summed E-state index contributed by atoms with van der Waals surface area (Å²) in [6.45, 7) is 6.97. The first-order valence-corrected chi connectivity index (χ1v) is 6.37. The van der Waals surface area contributed by atoms with Crippen LogP contribution in [0.4, 0.5) is 0 Å². The van der Waals surface area contributed by atoms with E-state index in [0.717, 1.165) is 11.1 Å². The number of benzene rings is 1. The highest BCUT2D eigenvalue weighted by Crippen LogP contribution is 2.46. The topological polar surface area (TPSA) is 55.4 Å². The molecule has 1 amide bonds. The summed E-state index contributed by atoms with van der Waals surface area (Å²) in [5, 5.41) is 2.92. The average molecular weight is 261 g/mol. The van der Waals surface area contributed by atoms with E-state index in [4.69, 9.17) is 4.74 Å². The van der Waals surface area contributed by atoms with Crippen LogP contribution in [-0.2, 0) is 19.7 Å². The molecule has 4 nitrogen and oxygen atoms in total. The Bertz CT molecular complexity index is 522. The van der Waals surface area contributed by atoms with Gasteiger partial charge in [-0.15, -0.1) is 0 Å². The van der Waals surface area contributed by atoms with Crippen molar-refractivity contribution in [2.24, 2.45) is 0 Å². The summed E-state index contributed by atoms with van der Waals surface area (Å²) in [6, 6.07) is 7.61. The molecule has 4 heteroatoms. The molecule has 0 radical (unpaired) electrons. The minimum absolute atomic E-state index is 0.122. The Labute approximate surface area is 113 Å². The fraction of sp³-hybridized carbons (Fsp3) is 0.467. The van der Waals surface area contributed by atoms with Gasteiger partial charge >= 0.3 is 5.97 Å². The van der Waals surface area contributed by atoms with Crippen LogP contribution in [0.2, 0.25) is 0 Å². The number of carbonyl (C=O) groups excluding carboxylic acids is 2. The highest BCUT2D eigenvalue weighted by atomic mass is 16.5. The van der Waals surface area contributed by atoms with E-state index in [1.807, 2.05) is 24.3 Å². The second-order valence-electron chi connectivity index (χ2n) is 5.52. The van der Waals surface area contributed by atoms with Crippen molar-refractivity contribution in [2.75, 3.05) is 0 Å². The van der Waals surface area contributed by atoms with Crippen molar-refractivity contribution >= 4 is 11.9 Å². The molecule has 1 aromatic carbocycles. The van der Waals surface area contributed by atoms with Gasteiger partial charge in [0.25, 0.3) is 0 Å². The van der Waals surface area contributed by atoms with Gasteiger partial charge in [0, 0.05) is 19.3 Å². The molecule has 0 saturated carbocycles. The van der Waals surface area contributed by atoms with Crippen LogP contribution < -0.4 is 5.32 Å². The van der Waals surface area contributed by atoms with Crippen LogP contribution in [0, 0.1) is 0 Å². The first-order chi connectivity index (χ1) is 8.84. The van der Waals surface area contributed by atoms with Gasteiger partial charge in [-0.25, -0.2) is 0 Å². The summed E-state index contributed by atoms with van der Waals surface area (Å²) in [4.78, 5) is 22.7. The average Bonchev–Trinajstić information content (AvgIpc) is 2.50. The zero-order valence-electron chi connectivity index (χ0n) is 11.7. The summed E-state index contributed by atoms with van der Waals surface area (Å²) in [7, 11) is 0. The normalized spacial score (nSPS) is 23.6. The predicted octanol–water partition coefficient (Wildman–Crippen LogP) is 2.09. The third-order valence-electron chi connectivity index (χ3n) is 3.69. The lowest BCUT2D eigenvalue weighted by Crippen LogP contribution is -2.46. The number of hydrogen-bond acceptors (Lipinski definition) is 3. The van der Waals surface area contributed by atoms with Gasteiger partial charge in [0.05, 0.1) is 6.04 Å². The Morgan fingerprint density at radius 2 is 1.84 bits per heavy atom. The number of fused-ring (bicyclic) bond motifs is 1. The van der Waals surface area contributed by atoms with Crippen LogP contribution in [0.3, 0.4) is 0 Å². The van der Waals surface area contributed by atoms with E-state index >= 15 is 0 Å². The quantitative estimate of drug-likeness (QED) is 0.829. The lowest BCUT2D eigenvalue weighted by atomic mass is 9.82. The monoisotopic (exact) mass is 261 g/mol. The minimum Gasteiger partial charge on any atom is -0.455 e. The van der Waals surface area contributed by atoms with E-state index in [0.29, 0.717) is 0 Å². The van der Waals surface area contributed by atoms with E-state index in [1.54, 1.807) is 0 Å². The third kappa shape index (κ3) is 2.35. The first kappa shape index (κ1) is 13.6. The molecule has 1 aliphatic carbocycles. The maximum Gasteiger partial charge on any atom is 0.303 e. The van der Waals surface area contributed by atoms with Crippen LogP contribution in [0.5, 0.6) is 0 Å². The number of esters is 1. The molecule has 0 saturated heterocycles. The van der Waals surface area contributed by atoms with Gasteiger partial charge in [-0.1, -0.05) is 38.1 Å². The SMILES string of the molecule is CC(=O)NC1C(OC(C)=O)c2ccccc2C1(C)C. The standard InChI is InChI=1S/C15H19NO3/c1-9(17)16-14-13(19-10(2)18)11-7-5-6-8-12(11)15(14,3)4/h5-8,13-14H,1-4H3,(H,16,17). The van der Waals surface area contributed by atoms with Gasteiger partial charge in [-0.3, -0.25) is 9.59 Å². The molecule has 2 unspecified atom stereocenters. The highest BCUT2D eigenvalue weighted by Gasteiger charge is 2.48. The summed E-state index contributed by atoms with van der Waals surface area (Å²) >= 11 is 0. The summed E-state index contributed by atoms with van der Waals surface area (Å²) in [5.74, 6) is -0.462. The van der Waals surface area contributed by atoms with Crippen molar-refractivity contribution in [2.45, 2.75) is 45.3 Å². The van der Waals surface area contributed by atoms with Crippen LogP contribution >= 0.6 is 0 Å². The number of hydrogen-bond donors (Lipinski definition) is 1. The minimum atomic E-state index is -0.424. The van der Waals surface area contributed by atoms with E-state index in [1.165, 1.54) is 13.8 Å². The number of ether oxygens (including phenoxy) is 1. The molecular formula is C15H19NO3. The molecule has 2 rings (SSSR count). The second kappa shape index (κ2) is 4.68. The molecule has 2 atom stereocenters. The first-order valence-electron chi connectivity index (χ1n) is 6.37. The smallest absolute Gasteiger partial charge is 0.303 e. The third-order valence-corrected chi connectivity index (χ3v) is 3.69. The second-order valence-corrected chi connectivity index (χ2v) is 5.52. The molecule has 0 aliphatic heterocycles. The zero-order chi connectivity index (χ0) is 14.2. The number of amides is 1. The van der Waals surface area contributed by atoms with Gasteiger partial charge in [0.15, 0.2) is 0 Å². The number of nitrogens with one attached hydrogen (secondary N) is 1. The van der Waals surface area contributed by atoms with Crippen molar-refractivity contribution in [3.05, 3.63) is 35.4 Å². The lowest BCUT2D eigenvalue weighted by molar-refractivity contribution is -0.149. The molecule has 1 N–H and O–H groups in total. The molecular weight excluding hydrogens is 242 g/mol. The zero-order valence-corrected chi connectivity index (χ0v) is 11.7. The fourth-order valence-electron chi connectivity index (χ4n) is 2.84. The summed E-state index contributed by atoms with van der Waals surface area (Å²) < 4.78 is 5.43. The van der Waals surface area contributed by atoms with Crippen LogP contribution in [0.15, 0.2) is 24.3 Å². The van der Waals surface area contributed by atoms with Crippen molar-refractivity contribution in [1.82, 2.24) is 5.32 Å². The molecule has 0 fully saturated rings. The molecule has 0 aromatic heterocycles. The van der Waals surface area contributed by atoms with Gasteiger partial charge in [0.2, 0.25) is 5.91 Å². The highest BCUT2D eigenvalue weighted by molar-refractivity contribution is 5.74. The van der Waals surface area contributed by atoms with Crippen molar-refractivity contribution in [1.29, 1.82) is 0 Å². The molecule has 19 heavy (non-hydrogen) atoms. The Morgan fingerprint density at radius 3 is 2.42 bits per heavy atom. The Morgan fingerprint density at radius 1 is 1.21 bits per heavy atom. The van der Waals surface area contributed by atoms with Crippen molar-refractivity contribution in [3.63, 3.8) is 0 Å². The van der Waals surface area contributed by atoms with E-state index in [2.05, 4.69) is 19.2 Å². The van der Waals surface area contributed by atoms with Crippen LogP contribution in [0.25, 0.3) is 0 Å². The van der Waals surface area contributed by atoms with Crippen molar-refractivity contribution < 1.29 is 14.3 Å². The van der Waals surface area contributed by atoms with Gasteiger partial charge in [0.1, 0.15) is 6.10 Å². The van der Waals surface area contributed by atoms with Crippen molar-refractivity contribution in [3.8, 4) is 0 Å². The van der Waals surface area contributed by atoms with E-state index in [9.17, 15) is 9.59 Å². The van der Waals surface area contributed by atoms with Crippen LogP contribution in [0.1, 0.15) is 44.9 Å². The molecule has 0 spiro atoms. The van der Waals surface area contributed by atoms with Gasteiger partial charge in [-0.05, 0) is 11.1 Å². The molecule has 102 valence electrons. The number of carbonyl (C=O) groups is 2. The van der Waals surface area contributed by atoms with E-state index in [-0.39, 0.29) is 23.3 Å². The van der Waals surface area contributed by atoms with E-state index < -0.39 is 6.10 Å². The van der Waals surface area contributed by atoms with Crippen LogP contribution in [-0.4, -0.2) is 17.9 Å². The largest absolute Gasteiger partial charge is 0.455 e. The molecule has 0 heterocycles. The maximum absolute atomic E-state index is 11.4. The van der Waals surface area contributed by atoms with Gasteiger partial charge in [-0.2, -0.15) is 0 Å². The summed E-state index contributed by atoms with van der Waals surface area (Å²) in [6.07, 6.45) is -0.424. The summed E-state index contributed by atoms with van der Waals surface area (Å²) in [5.41, 5.74) is 1.81. The van der Waals surface area contributed by atoms with Gasteiger partial charge < -0.3 is 10.1 Å². The number of rotatable bonds is 2. The Kier molecular flexibility index (Phi) is 3.35. The molecule has 1 aliphatic rings. The molecule has 0 bridgehead atoms. The Hall–Kier alpha value is -1.84.